The fourth-order valence-corrected chi connectivity index (χ4v) is 4.30. The van der Waals surface area contributed by atoms with Gasteiger partial charge in [0.05, 0.1) is 34.4 Å². The first-order chi connectivity index (χ1) is 13.7. The van der Waals surface area contributed by atoms with Crippen LogP contribution in [-0.2, 0) is 14.3 Å². The summed E-state index contributed by atoms with van der Waals surface area (Å²) < 4.78 is 12.2. The Morgan fingerprint density at radius 2 is 1.59 bits per heavy atom. The maximum atomic E-state index is 11.6. The van der Waals surface area contributed by atoms with E-state index in [0.29, 0.717) is 17.6 Å². The van der Waals surface area contributed by atoms with Gasteiger partial charge in [-0.2, -0.15) is 0 Å². The molecule has 0 spiro atoms. The number of quaternary nitrogens is 1. The van der Waals surface area contributed by atoms with Crippen molar-refractivity contribution in [2.45, 2.75) is 103 Å². The van der Waals surface area contributed by atoms with E-state index < -0.39 is 11.6 Å². The van der Waals surface area contributed by atoms with Gasteiger partial charge in [0.1, 0.15) is 18.2 Å². The summed E-state index contributed by atoms with van der Waals surface area (Å²) in [4.78, 5) is 11.6. The molecule has 0 aliphatic carbocycles. The van der Waals surface area contributed by atoms with E-state index >= 15 is 0 Å². The van der Waals surface area contributed by atoms with Crippen molar-refractivity contribution >= 4 is 5.97 Å². The molecule has 5 heteroatoms. The van der Waals surface area contributed by atoms with E-state index in [-0.39, 0.29) is 18.4 Å². The van der Waals surface area contributed by atoms with Crippen LogP contribution in [-0.4, -0.2) is 63.1 Å². The number of carboxylic acid groups (broad SMARTS) is 1. The molecule has 1 saturated heterocycles. The fraction of sp³-hybridized carbons (Fsp3) is 0.958. The summed E-state index contributed by atoms with van der Waals surface area (Å²) in [5, 5.41) is 11.6. The highest BCUT2D eigenvalue weighted by Gasteiger charge is 2.43. The summed E-state index contributed by atoms with van der Waals surface area (Å²) in [7, 11) is 6.27. The van der Waals surface area contributed by atoms with E-state index in [1.54, 1.807) is 0 Å². The second kappa shape index (κ2) is 13.6. The highest BCUT2D eigenvalue weighted by atomic mass is 16.6. The summed E-state index contributed by atoms with van der Waals surface area (Å²) in [6.07, 6.45) is 14.2. The monoisotopic (exact) mass is 413 g/mol. The van der Waals surface area contributed by atoms with E-state index in [4.69, 9.17) is 9.47 Å². The Hall–Kier alpha value is -0.650. The van der Waals surface area contributed by atoms with Gasteiger partial charge in [-0.15, -0.1) is 0 Å². The van der Waals surface area contributed by atoms with Gasteiger partial charge in [0.15, 0.2) is 0 Å². The predicted octanol–water partition coefficient (Wildman–Crippen LogP) is 3.93. The van der Waals surface area contributed by atoms with Crippen LogP contribution in [0.2, 0.25) is 0 Å². The molecule has 3 atom stereocenters. The van der Waals surface area contributed by atoms with Crippen LogP contribution in [0.25, 0.3) is 0 Å². The Bertz CT molecular complexity index is 445. The van der Waals surface area contributed by atoms with E-state index in [1.807, 2.05) is 0 Å². The molecule has 0 saturated carbocycles. The zero-order chi connectivity index (χ0) is 21.8. The molecule has 1 heterocycles. The Morgan fingerprint density at radius 1 is 1.07 bits per heavy atom. The number of likely N-dealkylation sites (N-methyl/N-ethyl adjacent to an activating group) is 1. The molecule has 5 nitrogen and oxygen atoms in total. The minimum absolute atomic E-state index is 0.0475. The molecule has 0 aromatic heterocycles. The van der Waals surface area contributed by atoms with Gasteiger partial charge < -0.3 is 23.9 Å². The van der Waals surface area contributed by atoms with E-state index in [0.717, 1.165) is 19.4 Å². The summed E-state index contributed by atoms with van der Waals surface area (Å²) in [5.41, 5.74) is -0.692. The maximum Gasteiger partial charge on any atom is 0.125 e. The SMILES string of the molecule is CCCCCCCCCCCCC(C)C(CC(=O)[O-])(C[N+](C)(C)C)OCC1CO1. The maximum absolute atomic E-state index is 11.6. The number of carbonyl (C=O) groups excluding carboxylic acids is 1. The average Bonchev–Trinajstić information content (AvgIpc) is 3.43. The van der Waals surface area contributed by atoms with Crippen molar-refractivity contribution in [3.05, 3.63) is 0 Å². The third kappa shape index (κ3) is 12.6. The molecule has 172 valence electrons. The van der Waals surface area contributed by atoms with Crippen molar-refractivity contribution in [1.29, 1.82) is 0 Å². The number of carbonyl (C=O) groups is 1. The van der Waals surface area contributed by atoms with Gasteiger partial charge in [-0.25, -0.2) is 0 Å². The highest BCUT2D eigenvalue weighted by molar-refractivity contribution is 5.65. The molecule has 1 rings (SSSR count). The van der Waals surface area contributed by atoms with Crippen LogP contribution >= 0.6 is 0 Å². The topological polar surface area (TPSA) is 61.9 Å². The number of unbranched alkanes of at least 4 members (excludes halogenated alkanes) is 9. The molecular formula is C24H47NO4. The second-order valence-electron chi connectivity index (χ2n) is 10.2. The third-order valence-corrected chi connectivity index (χ3v) is 6.03. The molecule has 0 N–H and O–H groups in total. The van der Waals surface area contributed by atoms with Crippen LogP contribution in [0.4, 0.5) is 0 Å². The van der Waals surface area contributed by atoms with Crippen molar-refractivity contribution in [3.8, 4) is 0 Å². The van der Waals surface area contributed by atoms with Crippen molar-refractivity contribution in [1.82, 2.24) is 0 Å². The van der Waals surface area contributed by atoms with Gasteiger partial charge in [0.2, 0.25) is 0 Å². The zero-order valence-electron chi connectivity index (χ0n) is 19.8. The normalized spacial score (nSPS) is 19.7. The molecule has 0 aromatic carbocycles. The number of aliphatic carboxylic acids is 1. The van der Waals surface area contributed by atoms with Crippen molar-refractivity contribution in [3.63, 3.8) is 0 Å². The lowest BCUT2D eigenvalue weighted by molar-refractivity contribution is -0.877. The lowest BCUT2D eigenvalue weighted by atomic mass is 9.81. The van der Waals surface area contributed by atoms with E-state index in [9.17, 15) is 9.90 Å². The smallest absolute Gasteiger partial charge is 0.125 e. The van der Waals surface area contributed by atoms with Gasteiger partial charge in [0.25, 0.3) is 0 Å². The number of nitrogens with zero attached hydrogens (tertiary/aromatic N) is 1. The minimum Gasteiger partial charge on any atom is -0.550 e. The number of ether oxygens (including phenoxy) is 2. The van der Waals surface area contributed by atoms with E-state index in [1.165, 1.54) is 57.8 Å². The number of carboxylic acids is 1. The Kier molecular flexibility index (Phi) is 12.4. The first-order valence-corrected chi connectivity index (χ1v) is 11.9. The number of rotatable bonds is 19. The zero-order valence-corrected chi connectivity index (χ0v) is 19.8. The number of epoxide rings is 1. The Balaban J connectivity index is 2.44. The summed E-state index contributed by atoms with van der Waals surface area (Å²) in [6, 6.07) is 0. The molecule has 29 heavy (non-hydrogen) atoms. The number of hydrogen-bond donors (Lipinski definition) is 0. The predicted molar refractivity (Wildman–Crippen MR) is 117 cm³/mol. The largest absolute Gasteiger partial charge is 0.550 e. The average molecular weight is 414 g/mol. The Morgan fingerprint density at radius 3 is 2.03 bits per heavy atom. The van der Waals surface area contributed by atoms with Crippen molar-refractivity contribution in [2.75, 3.05) is 40.9 Å². The number of hydrogen-bond acceptors (Lipinski definition) is 4. The molecule has 1 aliphatic rings. The molecule has 0 bridgehead atoms. The fourth-order valence-electron chi connectivity index (χ4n) is 4.30. The van der Waals surface area contributed by atoms with Gasteiger partial charge in [-0.3, -0.25) is 0 Å². The molecule has 1 aliphatic heterocycles. The Labute approximate surface area is 179 Å². The summed E-state index contributed by atoms with van der Waals surface area (Å²) in [6.45, 7) is 6.27. The van der Waals surface area contributed by atoms with Gasteiger partial charge >= 0.3 is 0 Å². The van der Waals surface area contributed by atoms with Crippen LogP contribution in [0.1, 0.15) is 90.9 Å². The van der Waals surface area contributed by atoms with Gasteiger partial charge in [-0.05, 0) is 12.3 Å². The van der Waals surface area contributed by atoms with Gasteiger partial charge in [-0.1, -0.05) is 78.1 Å². The first-order valence-electron chi connectivity index (χ1n) is 11.9. The first kappa shape index (κ1) is 26.4. The standard InChI is InChI=1S/C24H47NO4/c1-6-7-8-9-10-11-12-13-14-15-16-21(2)24(17-23(26)27,20-25(3,4)5)29-19-22-18-28-22/h21-22H,6-20H2,1-5H3. The van der Waals surface area contributed by atoms with Crippen LogP contribution in [0.15, 0.2) is 0 Å². The van der Waals surface area contributed by atoms with Crippen molar-refractivity contribution in [2.24, 2.45) is 5.92 Å². The summed E-state index contributed by atoms with van der Waals surface area (Å²) in [5.74, 6) is -0.851. The molecular weight excluding hydrogens is 366 g/mol. The highest BCUT2D eigenvalue weighted by Crippen LogP contribution is 2.33. The van der Waals surface area contributed by atoms with Crippen LogP contribution in [0.3, 0.4) is 0 Å². The van der Waals surface area contributed by atoms with Crippen molar-refractivity contribution < 1.29 is 23.9 Å². The molecule has 0 amide bonds. The van der Waals surface area contributed by atoms with Crippen LogP contribution < -0.4 is 5.11 Å². The quantitative estimate of drug-likeness (QED) is 0.183. The molecule has 1 fully saturated rings. The third-order valence-electron chi connectivity index (χ3n) is 6.03. The molecule has 0 radical (unpaired) electrons. The van der Waals surface area contributed by atoms with E-state index in [2.05, 4.69) is 35.0 Å². The van der Waals surface area contributed by atoms with Gasteiger partial charge in [0, 0.05) is 12.4 Å². The van der Waals surface area contributed by atoms with Crippen LogP contribution in [0, 0.1) is 5.92 Å². The summed E-state index contributed by atoms with van der Waals surface area (Å²) >= 11 is 0. The lowest BCUT2D eigenvalue weighted by Gasteiger charge is -2.43. The molecule has 0 aromatic rings. The van der Waals surface area contributed by atoms with Crippen LogP contribution in [0.5, 0.6) is 0 Å². The molecule has 3 unspecified atom stereocenters. The lowest BCUT2D eigenvalue weighted by Crippen LogP contribution is -2.56. The second-order valence-corrected chi connectivity index (χ2v) is 10.2. The minimum atomic E-state index is -1.02.